The lowest BCUT2D eigenvalue weighted by Gasteiger charge is -2.25. The van der Waals surface area contributed by atoms with E-state index in [2.05, 4.69) is 31.9 Å². The first kappa shape index (κ1) is 20.9. The van der Waals surface area contributed by atoms with Crippen molar-refractivity contribution in [1.29, 1.82) is 0 Å². The monoisotopic (exact) mass is 451 g/mol. The Morgan fingerprint density at radius 3 is 2.04 bits per heavy atom. The number of nitrogens with one attached hydrogen (secondary N) is 3. The summed E-state index contributed by atoms with van der Waals surface area (Å²) in [5.41, 5.74) is 0.637. The Morgan fingerprint density at radius 2 is 1.48 bits per heavy atom. The first-order chi connectivity index (χ1) is 12.7. The SMILES string of the molecule is CC(C)(Br)NC(=O)C(NC(=O)c1ccccc1)NC(=O)c1cccc(Cl)c1. The molecule has 8 heteroatoms. The zero-order valence-electron chi connectivity index (χ0n) is 14.8. The lowest BCUT2D eigenvalue weighted by atomic mass is 10.2. The predicted octanol–water partition coefficient (Wildman–Crippen LogP) is 3.07. The summed E-state index contributed by atoms with van der Waals surface area (Å²) in [5, 5.41) is 8.11. The summed E-state index contributed by atoms with van der Waals surface area (Å²) in [6.45, 7) is 3.44. The number of carbonyl (C=O) groups is 3. The maximum Gasteiger partial charge on any atom is 0.264 e. The average molecular weight is 453 g/mol. The topological polar surface area (TPSA) is 87.3 Å². The Balaban J connectivity index is 2.20. The third-order valence-electron chi connectivity index (χ3n) is 3.36. The fourth-order valence-corrected chi connectivity index (χ4v) is 2.57. The summed E-state index contributed by atoms with van der Waals surface area (Å²) in [5.74, 6) is -1.61. The molecule has 0 aliphatic heterocycles. The van der Waals surface area contributed by atoms with Gasteiger partial charge in [-0.25, -0.2) is 0 Å². The van der Waals surface area contributed by atoms with E-state index in [9.17, 15) is 14.4 Å². The number of amides is 3. The van der Waals surface area contributed by atoms with Gasteiger partial charge in [0, 0.05) is 16.1 Å². The van der Waals surface area contributed by atoms with E-state index in [-0.39, 0.29) is 5.56 Å². The Bertz CT molecular complexity index is 838. The molecule has 0 spiro atoms. The fraction of sp³-hybridized carbons (Fsp3) is 0.211. The maximum absolute atomic E-state index is 12.6. The van der Waals surface area contributed by atoms with E-state index in [1.807, 2.05) is 0 Å². The van der Waals surface area contributed by atoms with Crippen LogP contribution in [0.4, 0.5) is 0 Å². The molecular formula is C19H19BrClN3O3. The van der Waals surface area contributed by atoms with E-state index in [1.54, 1.807) is 62.4 Å². The van der Waals surface area contributed by atoms with Crippen LogP contribution in [0.25, 0.3) is 0 Å². The number of alkyl halides is 1. The zero-order valence-corrected chi connectivity index (χ0v) is 17.1. The van der Waals surface area contributed by atoms with Gasteiger partial charge in [-0.15, -0.1) is 0 Å². The van der Waals surface area contributed by atoms with Gasteiger partial charge in [0.05, 0.1) is 4.45 Å². The lowest BCUT2D eigenvalue weighted by molar-refractivity contribution is -0.124. The zero-order chi connectivity index (χ0) is 20.0. The number of benzene rings is 2. The normalized spacial score (nSPS) is 12.0. The van der Waals surface area contributed by atoms with Crippen molar-refractivity contribution in [3.8, 4) is 0 Å². The molecule has 0 bridgehead atoms. The van der Waals surface area contributed by atoms with Crippen LogP contribution in [0.3, 0.4) is 0 Å². The van der Waals surface area contributed by atoms with Crippen molar-refractivity contribution < 1.29 is 14.4 Å². The van der Waals surface area contributed by atoms with Crippen LogP contribution in [0.2, 0.25) is 5.02 Å². The Kier molecular flexibility index (Phi) is 6.98. The molecule has 1 unspecified atom stereocenters. The summed E-state index contributed by atoms with van der Waals surface area (Å²) < 4.78 is -0.722. The van der Waals surface area contributed by atoms with Gasteiger partial charge < -0.3 is 16.0 Å². The van der Waals surface area contributed by atoms with Crippen molar-refractivity contribution in [1.82, 2.24) is 16.0 Å². The van der Waals surface area contributed by atoms with Gasteiger partial charge in [0.2, 0.25) is 0 Å². The molecule has 3 amide bonds. The number of hydrogen-bond acceptors (Lipinski definition) is 3. The molecule has 2 aromatic carbocycles. The number of halogens is 2. The minimum Gasteiger partial charge on any atom is -0.338 e. The third-order valence-corrected chi connectivity index (χ3v) is 3.79. The highest BCUT2D eigenvalue weighted by Gasteiger charge is 2.27. The standard InChI is InChI=1S/C19H19BrClN3O3/c1-19(2,20)24-18(27)15(22-16(25)12-7-4-3-5-8-12)23-17(26)13-9-6-10-14(21)11-13/h3-11,15H,1-2H3,(H,22,25)(H,23,26)(H,24,27). The average Bonchev–Trinajstić information content (AvgIpc) is 2.60. The van der Waals surface area contributed by atoms with Crippen LogP contribution in [-0.2, 0) is 4.79 Å². The summed E-state index contributed by atoms with van der Waals surface area (Å²) in [6.07, 6.45) is -1.28. The Hall–Kier alpha value is -2.38. The second kappa shape index (κ2) is 9.01. The van der Waals surface area contributed by atoms with Crippen molar-refractivity contribution in [2.75, 3.05) is 0 Å². The summed E-state index contributed by atoms with van der Waals surface area (Å²) in [6, 6.07) is 14.7. The summed E-state index contributed by atoms with van der Waals surface area (Å²) in [7, 11) is 0. The van der Waals surface area contributed by atoms with E-state index < -0.39 is 28.3 Å². The number of hydrogen-bond donors (Lipinski definition) is 3. The quantitative estimate of drug-likeness (QED) is 0.358. The van der Waals surface area contributed by atoms with Gasteiger partial charge in [0.15, 0.2) is 6.17 Å². The van der Waals surface area contributed by atoms with Crippen LogP contribution >= 0.6 is 27.5 Å². The van der Waals surface area contributed by atoms with Gasteiger partial charge in [-0.2, -0.15) is 0 Å². The number of rotatable bonds is 6. The van der Waals surface area contributed by atoms with Gasteiger partial charge >= 0.3 is 0 Å². The Labute approximate surface area is 170 Å². The molecule has 2 rings (SSSR count). The van der Waals surface area contributed by atoms with E-state index in [1.165, 1.54) is 6.07 Å². The summed E-state index contributed by atoms with van der Waals surface area (Å²) >= 11 is 9.21. The molecule has 0 aliphatic carbocycles. The molecule has 2 aromatic rings. The highest BCUT2D eigenvalue weighted by molar-refractivity contribution is 9.10. The molecule has 0 saturated heterocycles. The van der Waals surface area contributed by atoms with E-state index in [0.29, 0.717) is 10.6 Å². The van der Waals surface area contributed by atoms with E-state index in [0.717, 1.165) is 0 Å². The van der Waals surface area contributed by atoms with Crippen molar-refractivity contribution >= 4 is 45.3 Å². The van der Waals surface area contributed by atoms with Gasteiger partial charge in [0.25, 0.3) is 17.7 Å². The van der Waals surface area contributed by atoms with Crippen LogP contribution in [-0.4, -0.2) is 28.3 Å². The van der Waals surface area contributed by atoms with Crippen LogP contribution in [0.5, 0.6) is 0 Å². The molecule has 0 saturated carbocycles. The molecule has 0 aliphatic rings. The molecule has 6 nitrogen and oxygen atoms in total. The second-order valence-corrected chi connectivity index (χ2v) is 8.64. The van der Waals surface area contributed by atoms with Gasteiger partial charge in [-0.05, 0) is 44.2 Å². The Morgan fingerprint density at radius 1 is 0.926 bits per heavy atom. The van der Waals surface area contributed by atoms with Gasteiger partial charge in [-0.1, -0.05) is 51.8 Å². The van der Waals surface area contributed by atoms with Crippen molar-refractivity contribution in [2.45, 2.75) is 24.5 Å². The third kappa shape index (κ3) is 6.69. The van der Waals surface area contributed by atoms with Crippen molar-refractivity contribution in [2.24, 2.45) is 0 Å². The van der Waals surface area contributed by atoms with Crippen LogP contribution in [0, 0.1) is 0 Å². The molecule has 27 heavy (non-hydrogen) atoms. The summed E-state index contributed by atoms with van der Waals surface area (Å²) in [4.78, 5) is 37.5. The highest BCUT2D eigenvalue weighted by Crippen LogP contribution is 2.12. The minimum absolute atomic E-state index is 0.271. The first-order valence-corrected chi connectivity index (χ1v) is 9.26. The van der Waals surface area contributed by atoms with Crippen LogP contribution in [0.15, 0.2) is 54.6 Å². The molecule has 0 radical (unpaired) electrons. The second-order valence-electron chi connectivity index (χ2n) is 6.22. The van der Waals surface area contributed by atoms with Crippen LogP contribution in [0.1, 0.15) is 34.6 Å². The maximum atomic E-state index is 12.6. The van der Waals surface area contributed by atoms with Crippen molar-refractivity contribution in [3.63, 3.8) is 0 Å². The molecule has 0 aromatic heterocycles. The van der Waals surface area contributed by atoms with E-state index in [4.69, 9.17) is 11.6 Å². The fourth-order valence-electron chi connectivity index (χ4n) is 2.18. The smallest absolute Gasteiger partial charge is 0.264 e. The molecule has 0 heterocycles. The van der Waals surface area contributed by atoms with Gasteiger partial charge in [-0.3, -0.25) is 14.4 Å². The minimum atomic E-state index is -1.28. The molecular weight excluding hydrogens is 434 g/mol. The van der Waals surface area contributed by atoms with E-state index >= 15 is 0 Å². The highest BCUT2D eigenvalue weighted by atomic mass is 79.9. The van der Waals surface area contributed by atoms with Crippen molar-refractivity contribution in [3.05, 3.63) is 70.7 Å². The predicted molar refractivity (Wildman–Crippen MR) is 108 cm³/mol. The van der Waals surface area contributed by atoms with Crippen LogP contribution < -0.4 is 16.0 Å². The molecule has 1 atom stereocenters. The molecule has 3 N–H and O–H groups in total. The molecule has 0 fully saturated rings. The lowest BCUT2D eigenvalue weighted by Crippen LogP contribution is -2.59. The number of carbonyl (C=O) groups excluding carboxylic acids is 3. The molecule has 142 valence electrons. The largest absolute Gasteiger partial charge is 0.338 e. The van der Waals surface area contributed by atoms with Gasteiger partial charge in [0.1, 0.15) is 0 Å². The first-order valence-electron chi connectivity index (χ1n) is 8.09.